The Hall–Kier alpha value is -2.06. The van der Waals surface area contributed by atoms with Crippen LogP contribution in [-0.2, 0) is 23.9 Å². The van der Waals surface area contributed by atoms with Gasteiger partial charge in [-0.15, -0.1) is 12.6 Å². The van der Waals surface area contributed by atoms with E-state index in [1.165, 1.54) is 13.0 Å². The van der Waals surface area contributed by atoms with E-state index in [0.717, 1.165) is 6.20 Å². The number of ketones is 1. The first-order valence-corrected chi connectivity index (χ1v) is 8.76. The summed E-state index contributed by atoms with van der Waals surface area (Å²) in [6, 6.07) is 0. The van der Waals surface area contributed by atoms with E-state index in [1.807, 2.05) is 6.92 Å². The lowest BCUT2D eigenvalue weighted by Gasteiger charge is -2.50. The molecule has 7 nitrogen and oxygen atoms in total. The van der Waals surface area contributed by atoms with E-state index in [-0.39, 0.29) is 27.8 Å². The number of ether oxygens (including phenoxy) is 2. The highest BCUT2D eigenvalue weighted by Crippen LogP contribution is 2.57. The number of fused-ring (bicyclic) bond motifs is 2. The van der Waals surface area contributed by atoms with Gasteiger partial charge in [0.05, 0.1) is 10.5 Å². The zero-order chi connectivity index (χ0) is 19.4. The maximum atomic E-state index is 12.6. The molecule has 3 N–H and O–H groups in total. The van der Waals surface area contributed by atoms with Crippen LogP contribution < -0.4 is 5.73 Å². The highest BCUT2D eigenvalue weighted by molar-refractivity contribution is 7.85. The largest absolute Gasteiger partial charge is 0.453 e. The summed E-state index contributed by atoms with van der Waals surface area (Å²) in [4.78, 5) is 36.9. The summed E-state index contributed by atoms with van der Waals surface area (Å²) in [5, 5.41) is 10.9. The highest BCUT2D eigenvalue weighted by Gasteiger charge is 2.62. The quantitative estimate of drug-likeness (QED) is 0.374. The maximum Gasteiger partial charge on any atom is 0.347 e. The standard InChI is InChI=1S/C18H21NO6S/c1-8(7-19)15(21)24-14-12-13(26)16(22)25-18(12,23)6-10-11(20)5-4-9(2)17(10,14)3/h6-7,9,14,23,26H,4-5,19H2,1-3H3/b8-7-/t9?,14-,17-,18-/m1/s1. The molecule has 140 valence electrons. The van der Waals surface area contributed by atoms with Gasteiger partial charge in [0.25, 0.3) is 5.79 Å². The minimum absolute atomic E-state index is 0.0387. The monoisotopic (exact) mass is 379 g/mol. The summed E-state index contributed by atoms with van der Waals surface area (Å²) in [6.07, 6.45) is 2.18. The SMILES string of the molecule is C/C(=C/N)C(=O)O[C@@H]1C2=C(S)C(=O)O[C@]2(O)C=C2C(=O)CCC(C)[C@]21C. The van der Waals surface area contributed by atoms with Crippen LogP contribution in [0.2, 0.25) is 0 Å². The molecule has 1 unspecified atom stereocenters. The molecule has 0 aromatic carbocycles. The first-order chi connectivity index (χ1) is 12.1. The Labute approximate surface area is 156 Å². The number of aliphatic hydroxyl groups is 1. The van der Waals surface area contributed by atoms with Gasteiger partial charge in [0, 0.05) is 29.2 Å². The molecule has 1 heterocycles. The molecule has 0 aromatic heterocycles. The van der Waals surface area contributed by atoms with E-state index < -0.39 is 29.2 Å². The Morgan fingerprint density at radius 3 is 2.77 bits per heavy atom. The Kier molecular flexibility index (Phi) is 4.31. The molecule has 8 heteroatoms. The Morgan fingerprint density at radius 1 is 1.50 bits per heavy atom. The summed E-state index contributed by atoms with van der Waals surface area (Å²) in [5.41, 5.74) is 4.96. The average molecular weight is 379 g/mol. The number of carbonyl (C=O) groups excluding carboxylic acids is 3. The Morgan fingerprint density at radius 2 is 2.15 bits per heavy atom. The highest BCUT2D eigenvalue weighted by atomic mass is 32.1. The van der Waals surface area contributed by atoms with Crippen LogP contribution in [0.4, 0.5) is 0 Å². The van der Waals surface area contributed by atoms with Crippen LogP contribution in [0.15, 0.2) is 33.9 Å². The molecule has 1 aliphatic heterocycles. The van der Waals surface area contributed by atoms with Crippen LogP contribution in [0, 0.1) is 11.3 Å². The Balaban J connectivity index is 2.23. The van der Waals surface area contributed by atoms with E-state index in [9.17, 15) is 19.5 Å². The molecule has 0 saturated heterocycles. The molecule has 0 aromatic rings. The number of nitrogens with two attached hydrogens (primary N) is 1. The fourth-order valence-electron chi connectivity index (χ4n) is 3.87. The van der Waals surface area contributed by atoms with Crippen LogP contribution >= 0.6 is 12.6 Å². The second-order valence-corrected chi connectivity index (χ2v) is 7.63. The summed E-state index contributed by atoms with van der Waals surface area (Å²) in [5.74, 6) is -3.92. The molecule has 0 amide bonds. The average Bonchev–Trinajstić information content (AvgIpc) is 2.81. The van der Waals surface area contributed by atoms with Crippen molar-refractivity contribution >= 4 is 30.4 Å². The van der Waals surface area contributed by atoms with Crippen LogP contribution in [0.5, 0.6) is 0 Å². The molecule has 0 radical (unpaired) electrons. The van der Waals surface area contributed by atoms with Gasteiger partial charge in [0.15, 0.2) is 5.78 Å². The lowest BCUT2D eigenvalue weighted by Crippen LogP contribution is -2.55. The van der Waals surface area contributed by atoms with Gasteiger partial charge >= 0.3 is 11.9 Å². The molecule has 3 rings (SSSR count). The van der Waals surface area contributed by atoms with Crippen molar-refractivity contribution in [1.29, 1.82) is 0 Å². The summed E-state index contributed by atoms with van der Waals surface area (Å²) >= 11 is 4.17. The number of carbonyl (C=O) groups is 3. The normalized spacial score (nSPS) is 37.0. The van der Waals surface area contributed by atoms with Gasteiger partial charge in [-0.25, -0.2) is 9.59 Å². The third kappa shape index (κ3) is 2.43. The van der Waals surface area contributed by atoms with Gasteiger partial charge < -0.3 is 20.3 Å². The Bertz CT molecular complexity index is 812. The van der Waals surface area contributed by atoms with E-state index in [0.29, 0.717) is 18.4 Å². The van der Waals surface area contributed by atoms with Crippen molar-refractivity contribution < 1.29 is 29.0 Å². The molecule has 1 saturated carbocycles. The van der Waals surface area contributed by atoms with E-state index in [4.69, 9.17) is 15.2 Å². The number of hydrogen-bond acceptors (Lipinski definition) is 8. The fraction of sp³-hybridized carbons (Fsp3) is 0.500. The van der Waals surface area contributed by atoms with Crippen molar-refractivity contribution in [2.24, 2.45) is 17.1 Å². The molecular formula is C18H21NO6S. The van der Waals surface area contributed by atoms with Gasteiger partial charge in [0.2, 0.25) is 0 Å². The van der Waals surface area contributed by atoms with Crippen LogP contribution in [0.3, 0.4) is 0 Å². The molecule has 0 spiro atoms. The summed E-state index contributed by atoms with van der Waals surface area (Å²) in [6.45, 7) is 5.21. The first-order valence-electron chi connectivity index (χ1n) is 8.31. The minimum atomic E-state index is -2.15. The minimum Gasteiger partial charge on any atom is -0.453 e. The second kappa shape index (κ2) is 5.99. The predicted molar refractivity (Wildman–Crippen MR) is 94.5 cm³/mol. The van der Waals surface area contributed by atoms with Crippen LogP contribution in [-0.4, -0.2) is 34.7 Å². The van der Waals surface area contributed by atoms with Crippen molar-refractivity contribution in [1.82, 2.24) is 0 Å². The van der Waals surface area contributed by atoms with Crippen molar-refractivity contribution in [2.45, 2.75) is 45.5 Å². The predicted octanol–water partition coefficient (Wildman–Crippen LogP) is 1.14. The lowest BCUT2D eigenvalue weighted by molar-refractivity contribution is -0.178. The van der Waals surface area contributed by atoms with Crippen LogP contribution in [0.1, 0.15) is 33.6 Å². The molecule has 0 bridgehead atoms. The molecule has 4 atom stereocenters. The van der Waals surface area contributed by atoms with Crippen molar-refractivity contribution in [3.63, 3.8) is 0 Å². The van der Waals surface area contributed by atoms with Gasteiger partial charge in [0.1, 0.15) is 6.10 Å². The van der Waals surface area contributed by atoms with Crippen LogP contribution in [0.25, 0.3) is 0 Å². The fourth-order valence-corrected chi connectivity index (χ4v) is 4.20. The molecule has 26 heavy (non-hydrogen) atoms. The van der Waals surface area contributed by atoms with Gasteiger partial charge in [-0.3, -0.25) is 4.79 Å². The number of hydrogen-bond donors (Lipinski definition) is 3. The van der Waals surface area contributed by atoms with Gasteiger partial charge in [-0.1, -0.05) is 13.8 Å². The first kappa shape index (κ1) is 18.7. The molecule has 1 fully saturated rings. The number of esters is 2. The van der Waals surface area contributed by atoms with E-state index in [1.54, 1.807) is 6.92 Å². The van der Waals surface area contributed by atoms with E-state index in [2.05, 4.69) is 12.6 Å². The second-order valence-electron chi connectivity index (χ2n) is 7.19. The lowest BCUT2D eigenvalue weighted by atomic mass is 9.57. The zero-order valence-electron chi connectivity index (χ0n) is 14.7. The third-order valence-corrected chi connectivity index (χ3v) is 6.16. The van der Waals surface area contributed by atoms with E-state index >= 15 is 0 Å². The van der Waals surface area contributed by atoms with Crippen molar-refractivity contribution in [2.75, 3.05) is 0 Å². The van der Waals surface area contributed by atoms with Crippen molar-refractivity contribution in [3.05, 3.63) is 33.9 Å². The zero-order valence-corrected chi connectivity index (χ0v) is 15.6. The molecule has 3 aliphatic rings. The van der Waals surface area contributed by atoms with Gasteiger partial charge in [-0.2, -0.15) is 0 Å². The number of rotatable bonds is 2. The summed E-state index contributed by atoms with van der Waals surface area (Å²) in [7, 11) is 0. The summed E-state index contributed by atoms with van der Waals surface area (Å²) < 4.78 is 10.7. The smallest absolute Gasteiger partial charge is 0.347 e. The number of Topliss-reactive ketones (excluding diaryl/α,β-unsaturated/α-hetero) is 1. The van der Waals surface area contributed by atoms with Crippen molar-refractivity contribution in [3.8, 4) is 0 Å². The van der Waals surface area contributed by atoms with Gasteiger partial charge in [-0.05, 0) is 25.3 Å². The molecule has 2 aliphatic carbocycles. The number of thiol groups is 1. The topological polar surface area (TPSA) is 116 Å². The molecular weight excluding hydrogens is 358 g/mol. The maximum absolute atomic E-state index is 12.6. The third-order valence-electron chi connectivity index (χ3n) is 5.74.